The first-order valence-corrected chi connectivity index (χ1v) is 8.73. The Kier molecular flexibility index (Phi) is 5.10. The van der Waals surface area contributed by atoms with Crippen LogP contribution < -0.4 is 0 Å². The van der Waals surface area contributed by atoms with Gasteiger partial charge in [0.2, 0.25) is 0 Å². The number of hydrogen-bond donors (Lipinski definition) is 1. The van der Waals surface area contributed by atoms with E-state index in [2.05, 4.69) is 14.8 Å². The molecule has 6 heteroatoms. The van der Waals surface area contributed by atoms with Crippen LogP contribution in [0.15, 0.2) is 29.4 Å². The first kappa shape index (κ1) is 15.5. The monoisotopic (exact) mass is 321 g/mol. The molecule has 1 heterocycles. The molecule has 1 aromatic heterocycles. The second kappa shape index (κ2) is 7.24. The number of rotatable bonds is 8. The number of hydrogen-bond acceptors (Lipinski definition) is 4. The largest absolute Gasteiger partial charge is 0.396 e. The Morgan fingerprint density at radius 2 is 2.00 bits per heavy atom. The predicted octanol–water partition coefficient (Wildman–Crippen LogP) is 3.67. The molecule has 0 spiro atoms. The quantitative estimate of drug-likeness (QED) is 0.595. The lowest BCUT2D eigenvalue weighted by molar-refractivity contribution is 0.284. The van der Waals surface area contributed by atoms with Gasteiger partial charge in [-0.05, 0) is 37.8 Å². The standard InChI is InChI=1S/C16H20FN3OS/c17-14-7-3-2-6-13(14)15-18-19-16(20(15)12-8-9-12)22-11-5-1-4-10-21/h2-3,6-7,12,21H,1,4-5,8-11H2. The molecule has 0 unspecified atom stereocenters. The smallest absolute Gasteiger partial charge is 0.191 e. The summed E-state index contributed by atoms with van der Waals surface area (Å²) < 4.78 is 16.1. The van der Waals surface area contributed by atoms with E-state index in [1.165, 1.54) is 6.07 Å². The zero-order chi connectivity index (χ0) is 15.4. The molecule has 1 fully saturated rings. The zero-order valence-electron chi connectivity index (χ0n) is 12.4. The summed E-state index contributed by atoms with van der Waals surface area (Å²) in [5.41, 5.74) is 0.522. The summed E-state index contributed by atoms with van der Waals surface area (Å²) in [7, 11) is 0. The summed E-state index contributed by atoms with van der Waals surface area (Å²) in [4.78, 5) is 0. The lowest BCUT2D eigenvalue weighted by Crippen LogP contribution is -2.01. The highest BCUT2D eigenvalue weighted by atomic mass is 32.2. The van der Waals surface area contributed by atoms with Crippen molar-refractivity contribution in [2.75, 3.05) is 12.4 Å². The van der Waals surface area contributed by atoms with Crippen molar-refractivity contribution < 1.29 is 9.50 Å². The number of aliphatic hydroxyl groups excluding tert-OH is 1. The van der Waals surface area contributed by atoms with Gasteiger partial charge in [0.1, 0.15) is 5.82 Å². The highest BCUT2D eigenvalue weighted by Gasteiger charge is 2.30. The van der Waals surface area contributed by atoms with Gasteiger partial charge in [0.05, 0.1) is 5.56 Å². The van der Waals surface area contributed by atoms with Crippen molar-refractivity contribution in [1.82, 2.24) is 14.8 Å². The van der Waals surface area contributed by atoms with Crippen LogP contribution >= 0.6 is 11.8 Å². The molecule has 4 nitrogen and oxygen atoms in total. The van der Waals surface area contributed by atoms with Gasteiger partial charge in [0.15, 0.2) is 11.0 Å². The number of benzene rings is 1. The van der Waals surface area contributed by atoms with Gasteiger partial charge in [-0.3, -0.25) is 4.57 Å². The summed E-state index contributed by atoms with van der Waals surface area (Å²) in [6.45, 7) is 0.250. The van der Waals surface area contributed by atoms with Crippen molar-refractivity contribution in [3.63, 3.8) is 0 Å². The summed E-state index contributed by atoms with van der Waals surface area (Å²) in [6.07, 6.45) is 5.12. The van der Waals surface area contributed by atoms with Crippen molar-refractivity contribution in [2.24, 2.45) is 0 Å². The molecule has 1 aliphatic carbocycles. The maximum Gasteiger partial charge on any atom is 0.191 e. The zero-order valence-corrected chi connectivity index (χ0v) is 13.2. The summed E-state index contributed by atoms with van der Waals surface area (Å²) >= 11 is 1.67. The highest BCUT2D eigenvalue weighted by molar-refractivity contribution is 7.99. The second-order valence-electron chi connectivity index (χ2n) is 5.52. The number of aromatic nitrogens is 3. The number of thioether (sulfide) groups is 1. The Bertz CT molecular complexity index is 628. The Morgan fingerprint density at radius 1 is 1.18 bits per heavy atom. The fourth-order valence-electron chi connectivity index (χ4n) is 2.42. The molecule has 2 aromatic rings. The van der Waals surface area contributed by atoms with E-state index < -0.39 is 0 Å². The Labute approximate surface area is 133 Å². The maximum absolute atomic E-state index is 14.0. The van der Waals surface area contributed by atoms with Gasteiger partial charge in [-0.25, -0.2) is 4.39 Å². The number of nitrogens with zero attached hydrogens (tertiary/aromatic N) is 3. The number of aliphatic hydroxyl groups is 1. The summed E-state index contributed by atoms with van der Waals surface area (Å²) in [6, 6.07) is 7.14. The third kappa shape index (κ3) is 3.50. The fourth-order valence-corrected chi connectivity index (χ4v) is 3.42. The first-order chi connectivity index (χ1) is 10.8. The number of unbranched alkanes of at least 4 members (excludes halogenated alkanes) is 2. The summed E-state index contributed by atoms with van der Waals surface area (Å²) in [5.74, 6) is 1.33. The highest BCUT2D eigenvalue weighted by Crippen LogP contribution is 2.41. The van der Waals surface area contributed by atoms with E-state index in [1.54, 1.807) is 23.9 Å². The number of halogens is 1. The van der Waals surface area contributed by atoms with Crippen molar-refractivity contribution in [2.45, 2.75) is 43.3 Å². The van der Waals surface area contributed by atoms with Gasteiger partial charge in [-0.15, -0.1) is 10.2 Å². The molecular formula is C16H20FN3OS. The van der Waals surface area contributed by atoms with Gasteiger partial charge >= 0.3 is 0 Å². The molecule has 1 aliphatic rings. The molecule has 0 radical (unpaired) electrons. The first-order valence-electron chi connectivity index (χ1n) is 7.74. The predicted molar refractivity (Wildman–Crippen MR) is 85.3 cm³/mol. The molecule has 3 rings (SSSR count). The van der Waals surface area contributed by atoms with Crippen molar-refractivity contribution in [1.29, 1.82) is 0 Å². The van der Waals surface area contributed by atoms with E-state index in [-0.39, 0.29) is 12.4 Å². The van der Waals surface area contributed by atoms with Crippen LogP contribution in [0.3, 0.4) is 0 Å². The van der Waals surface area contributed by atoms with E-state index in [9.17, 15) is 4.39 Å². The summed E-state index contributed by atoms with van der Waals surface area (Å²) in [5, 5.41) is 18.2. The normalized spacial score (nSPS) is 14.5. The topological polar surface area (TPSA) is 50.9 Å². The minimum atomic E-state index is -0.253. The van der Waals surface area contributed by atoms with Gasteiger partial charge in [-0.2, -0.15) is 0 Å². The second-order valence-corrected chi connectivity index (χ2v) is 6.58. The van der Waals surface area contributed by atoms with E-state index in [1.807, 2.05) is 6.07 Å². The van der Waals surface area contributed by atoms with E-state index in [0.29, 0.717) is 17.4 Å². The SMILES string of the molecule is OCCCCCSc1nnc(-c2ccccc2F)n1C1CC1. The Balaban J connectivity index is 1.76. The third-order valence-electron chi connectivity index (χ3n) is 3.72. The minimum Gasteiger partial charge on any atom is -0.396 e. The van der Waals surface area contributed by atoms with Gasteiger partial charge in [-0.1, -0.05) is 30.3 Å². The Morgan fingerprint density at radius 3 is 2.73 bits per heavy atom. The van der Waals surface area contributed by atoms with Crippen LogP contribution in [-0.4, -0.2) is 32.2 Å². The van der Waals surface area contributed by atoms with Crippen molar-refractivity contribution in [3.8, 4) is 11.4 Å². The van der Waals surface area contributed by atoms with Crippen LogP contribution in [0, 0.1) is 5.82 Å². The molecule has 0 aliphatic heterocycles. The molecule has 1 N–H and O–H groups in total. The van der Waals surface area contributed by atoms with Crippen LogP contribution in [0.2, 0.25) is 0 Å². The molecule has 0 bridgehead atoms. The lowest BCUT2D eigenvalue weighted by atomic mass is 10.2. The maximum atomic E-state index is 14.0. The molecule has 0 atom stereocenters. The van der Waals surface area contributed by atoms with Gasteiger partial charge in [0, 0.05) is 18.4 Å². The van der Waals surface area contributed by atoms with Crippen LogP contribution in [0.4, 0.5) is 4.39 Å². The van der Waals surface area contributed by atoms with Crippen LogP contribution in [0.5, 0.6) is 0 Å². The molecule has 0 saturated heterocycles. The molecule has 0 amide bonds. The van der Waals surface area contributed by atoms with Crippen LogP contribution in [0.1, 0.15) is 38.1 Å². The minimum absolute atomic E-state index is 0.250. The molecule has 22 heavy (non-hydrogen) atoms. The average molecular weight is 321 g/mol. The molecule has 118 valence electrons. The van der Waals surface area contributed by atoms with Crippen LogP contribution in [0.25, 0.3) is 11.4 Å². The van der Waals surface area contributed by atoms with Crippen molar-refractivity contribution in [3.05, 3.63) is 30.1 Å². The van der Waals surface area contributed by atoms with Crippen molar-refractivity contribution >= 4 is 11.8 Å². The van der Waals surface area contributed by atoms with E-state index in [0.717, 1.165) is 43.0 Å². The Hall–Kier alpha value is -1.40. The van der Waals surface area contributed by atoms with Crippen LogP contribution in [-0.2, 0) is 0 Å². The van der Waals surface area contributed by atoms with Gasteiger partial charge in [0.25, 0.3) is 0 Å². The molecule has 1 aromatic carbocycles. The fraction of sp³-hybridized carbons (Fsp3) is 0.500. The van der Waals surface area contributed by atoms with E-state index in [4.69, 9.17) is 5.11 Å². The van der Waals surface area contributed by atoms with Gasteiger partial charge < -0.3 is 5.11 Å². The third-order valence-corrected chi connectivity index (χ3v) is 4.75. The lowest BCUT2D eigenvalue weighted by Gasteiger charge is -2.09. The van der Waals surface area contributed by atoms with E-state index >= 15 is 0 Å². The average Bonchev–Trinajstić information content (AvgIpc) is 3.28. The molecule has 1 saturated carbocycles. The molecular weight excluding hydrogens is 301 g/mol.